The Morgan fingerprint density at radius 1 is 1.43 bits per heavy atom. The van der Waals surface area contributed by atoms with Gasteiger partial charge in [0, 0.05) is 21.7 Å². The molecule has 0 fully saturated rings. The summed E-state index contributed by atoms with van der Waals surface area (Å²) in [6.45, 7) is -0.0207. The molecule has 0 spiro atoms. The van der Waals surface area contributed by atoms with Gasteiger partial charge in [-0.2, -0.15) is 0 Å². The van der Waals surface area contributed by atoms with E-state index in [-0.39, 0.29) is 12.3 Å². The molecule has 0 saturated heterocycles. The summed E-state index contributed by atoms with van der Waals surface area (Å²) in [6, 6.07) is 6.47. The molecule has 0 saturated carbocycles. The number of nitro groups is 1. The summed E-state index contributed by atoms with van der Waals surface area (Å²) in [5, 5.41) is 20.2. The highest BCUT2D eigenvalue weighted by Gasteiger charge is 2.08. The second kappa shape index (κ2) is 3.36. The predicted molar refractivity (Wildman–Crippen MR) is 54.4 cm³/mol. The third-order valence-electron chi connectivity index (χ3n) is 1.92. The first-order chi connectivity index (χ1) is 6.70. The fourth-order valence-corrected chi connectivity index (χ4v) is 2.18. The fraction of sp³-hybridized carbons (Fsp3) is 0.111. The molecule has 1 aromatic heterocycles. The molecule has 0 atom stereocenters. The SMILES string of the molecule is O=[N+]([O-])c1ccc2sc(CO)cc2c1. The fourth-order valence-electron chi connectivity index (χ4n) is 1.28. The Bertz CT molecular complexity index is 492. The molecule has 0 amide bonds. The lowest BCUT2D eigenvalue weighted by Crippen LogP contribution is -1.85. The normalized spacial score (nSPS) is 10.6. The van der Waals surface area contributed by atoms with Crippen molar-refractivity contribution in [1.29, 1.82) is 0 Å². The Labute approximate surface area is 83.6 Å². The smallest absolute Gasteiger partial charge is 0.270 e. The predicted octanol–water partition coefficient (Wildman–Crippen LogP) is 2.30. The van der Waals surface area contributed by atoms with Gasteiger partial charge in [0.05, 0.1) is 11.5 Å². The van der Waals surface area contributed by atoms with Gasteiger partial charge in [0.2, 0.25) is 0 Å². The highest BCUT2D eigenvalue weighted by Crippen LogP contribution is 2.28. The van der Waals surface area contributed by atoms with E-state index in [0.29, 0.717) is 0 Å². The summed E-state index contributed by atoms with van der Waals surface area (Å²) in [5.74, 6) is 0. The number of benzene rings is 1. The van der Waals surface area contributed by atoms with E-state index >= 15 is 0 Å². The second-order valence-electron chi connectivity index (χ2n) is 2.85. The van der Waals surface area contributed by atoms with Crippen LogP contribution in [0.25, 0.3) is 10.1 Å². The van der Waals surface area contributed by atoms with E-state index in [2.05, 4.69) is 0 Å². The van der Waals surface area contributed by atoms with Gasteiger partial charge in [0.15, 0.2) is 0 Å². The van der Waals surface area contributed by atoms with Crippen LogP contribution in [-0.2, 0) is 6.61 Å². The monoisotopic (exact) mass is 209 g/mol. The van der Waals surface area contributed by atoms with Gasteiger partial charge in [0.1, 0.15) is 0 Å². The van der Waals surface area contributed by atoms with Crippen molar-refractivity contribution < 1.29 is 10.0 Å². The Kier molecular flexibility index (Phi) is 2.18. The van der Waals surface area contributed by atoms with Crippen LogP contribution in [0, 0.1) is 10.1 Å². The van der Waals surface area contributed by atoms with Crippen molar-refractivity contribution in [1.82, 2.24) is 0 Å². The van der Waals surface area contributed by atoms with E-state index in [1.165, 1.54) is 23.5 Å². The lowest BCUT2D eigenvalue weighted by Gasteiger charge is -1.90. The molecule has 2 rings (SSSR count). The number of fused-ring (bicyclic) bond motifs is 1. The quantitative estimate of drug-likeness (QED) is 0.609. The van der Waals surface area contributed by atoms with Crippen LogP contribution < -0.4 is 0 Å². The van der Waals surface area contributed by atoms with Crippen molar-refractivity contribution in [2.45, 2.75) is 6.61 Å². The molecule has 0 aliphatic carbocycles. The van der Waals surface area contributed by atoms with Gasteiger partial charge in [0.25, 0.3) is 5.69 Å². The van der Waals surface area contributed by atoms with E-state index in [1.807, 2.05) is 0 Å². The molecule has 1 heterocycles. The first-order valence-electron chi connectivity index (χ1n) is 3.98. The van der Waals surface area contributed by atoms with Crippen molar-refractivity contribution in [3.05, 3.63) is 39.3 Å². The number of aliphatic hydroxyl groups excluding tert-OH is 1. The van der Waals surface area contributed by atoms with Crippen LogP contribution in [0.4, 0.5) is 5.69 Å². The van der Waals surface area contributed by atoms with Crippen LogP contribution in [0.5, 0.6) is 0 Å². The van der Waals surface area contributed by atoms with E-state index < -0.39 is 4.92 Å². The van der Waals surface area contributed by atoms with E-state index in [4.69, 9.17) is 5.11 Å². The number of hydrogen-bond acceptors (Lipinski definition) is 4. The number of hydrogen-bond donors (Lipinski definition) is 1. The molecule has 0 bridgehead atoms. The van der Waals surface area contributed by atoms with Crippen molar-refractivity contribution in [3.63, 3.8) is 0 Å². The highest BCUT2D eigenvalue weighted by atomic mass is 32.1. The summed E-state index contributed by atoms with van der Waals surface area (Å²) >= 11 is 1.45. The average Bonchev–Trinajstić information content (AvgIpc) is 2.58. The van der Waals surface area contributed by atoms with E-state index in [9.17, 15) is 10.1 Å². The minimum atomic E-state index is -0.421. The van der Waals surface area contributed by atoms with Crippen molar-refractivity contribution in [2.75, 3.05) is 0 Å². The lowest BCUT2D eigenvalue weighted by atomic mass is 10.2. The average molecular weight is 209 g/mol. The molecule has 1 N–H and O–H groups in total. The van der Waals surface area contributed by atoms with Crippen LogP contribution in [0.3, 0.4) is 0 Å². The van der Waals surface area contributed by atoms with Gasteiger partial charge in [-0.05, 0) is 17.5 Å². The minimum absolute atomic E-state index is 0.0207. The molecule has 0 unspecified atom stereocenters. The zero-order valence-electron chi connectivity index (χ0n) is 7.14. The van der Waals surface area contributed by atoms with Gasteiger partial charge in [-0.25, -0.2) is 0 Å². The Morgan fingerprint density at radius 2 is 2.21 bits per heavy atom. The minimum Gasteiger partial charge on any atom is -0.391 e. The molecule has 72 valence electrons. The van der Waals surface area contributed by atoms with Gasteiger partial charge in [-0.3, -0.25) is 10.1 Å². The third kappa shape index (κ3) is 1.47. The maximum Gasteiger partial charge on any atom is 0.270 e. The van der Waals surface area contributed by atoms with Crippen LogP contribution in [0.1, 0.15) is 4.88 Å². The maximum atomic E-state index is 10.5. The summed E-state index contributed by atoms with van der Waals surface area (Å²) in [7, 11) is 0. The van der Waals surface area contributed by atoms with Gasteiger partial charge in [-0.15, -0.1) is 11.3 Å². The van der Waals surface area contributed by atoms with Crippen LogP contribution in [0.2, 0.25) is 0 Å². The molecule has 1 aromatic carbocycles. The number of nitrogens with zero attached hydrogens (tertiary/aromatic N) is 1. The summed E-state index contributed by atoms with van der Waals surface area (Å²) in [4.78, 5) is 10.9. The second-order valence-corrected chi connectivity index (χ2v) is 4.02. The van der Waals surface area contributed by atoms with Gasteiger partial charge in [-0.1, -0.05) is 0 Å². The molecule has 0 radical (unpaired) electrons. The molecule has 0 aliphatic rings. The molecule has 0 aliphatic heterocycles. The Balaban J connectivity index is 2.59. The number of nitro benzene ring substituents is 1. The summed E-state index contributed by atoms with van der Waals surface area (Å²) < 4.78 is 0.958. The van der Waals surface area contributed by atoms with E-state index in [1.54, 1.807) is 12.1 Å². The molecule has 5 heteroatoms. The molecule has 2 aromatic rings. The van der Waals surface area contributed by atoms with Crippen LogP contribution in [0.15, 0.2) is 24.3 Å². The zero-order valence-corrected chi connectivity index (χ0v) is 7.95. The van der Waals surface area contributed by atoms with Crippen LogP contribution >= 0.6 is 11.3 Å². The molecular weight excluding hydrogens is 202 g/mol. The first-order valence-corrected chi connectivity index (χ1v) is 4.80. The summed E-state index contributed by atoms with van der Waals surface area (Å²) in [6.07, 6.45) is 0. The highest BCUT2D eigenvalue weighted by molar-refractivity contribution is 7.19. The standard InChI is InChI=1S/C9H7NO3S/c11-5-8-4-6-3-7(10(12)13)1-2-9(6)14-8/h1-4,11H,5H2. The van der Waals surface area contributed by atoms with Crippen LogP contribution in [-0.4, -0.2) is 10.0 Å². The lowest BCUT2D eigenvalue weighted by molar-refractivity contribution is -0.384. The number of thiophene rings is 1. The summed E-state index contributed by atoms with van der Waals surface area (Å²) in [5.41, 5.74) is 0.0831. The van der Waals surface area contributed by atoms with Crippen molar-refractivity contribution >= 4 is 27.1 Å². The molecule has 14 heavy (non-hydrogen) atoms. The van der Waals surface area contributed by atoms with Gasteiger partial charge < -0.3 is 5.11 Å². The Hall–Kier alpha value is -1.46. The first kappa shape index (κ1) is 9.11. The zero-order chi connectivity index (χ0) is 10.1. The third-order valence-corrected chi connectivity index (χ3v) is 3.02. The van der Waals surface area contributed by atoms with E-state index in [0.717, 1.165) is 15.0 Å². The Morgan fingerprint density at radius 3 is 2.86 bits per heavy atom. The molecular formula is C9H7NO3S. The number of rotatable bonds is 2. The number of non-ortho nitro benzene ring substituents is 1. The van der Waals surface area contributed by atoms with Gasteiger partial charge >= 0.3 is 0 Å². The number of aliphatic hydroxyl groups is 1. The largest absolute Gasteiger partial charge is 0.391 e. The van der Waals surface area contributed by atoms with Crippen molar-refractivity contribution in [3.8, 4) is 0 Å². The molecule has 4 nitrogen and oxygen atoms in total. The topological polar surface area (TPSA) is 63.4 Å². The maximum absolute atomic E-state index is 10.5. The van der Waals surface area contributed by atoms with Crippen molar-refractivity contribution in [2.24, 2.45) is 0 Å².